The first kappa shape index (κ1) is 10.1. The quantitative estimate of drug-likeness (QED) is 0.888. The Morgan fingerprint density at radius 3 is 2.86 bits per heavy atom. The number of methoxy groups -OCH3 is 1. The Morgan fingerprint density at radius 2 is 2.36 bits per heavy atom. The first-order valence-electron chi connectivity index (χ1n) is 4.59. The van der Waals surface area contributed by atoms with Crippen molar-refractivity contribution < 1.29 is 4.74 Å². The number of rotatable bonds is 3. The molecule has 76 valence electrons. The van der Waals surface area contributed by atoms with Crippen molar-refractivity contribution in [2.45, 2.75) is 12.0 Å². The third-order valence-corrected chi connectivity index (χ3v) is 3.05. The van der Waals surface area contributed by atoms with E-state index < -0.39 is 0 Å². The lowest BCUT2D eigenvalue weighted by molar-refractivity contribution is -0.0502. The summed E-state index contributed by atoms with van der Waals surface area (Å²) in [6.45, 7) is 1.85. The molecule has 0 aliphatic carbocycles. The third-order valence-electron chi connectivity index (χ3n) is 2.62. The zero-order valence-electron chi connectivity index (χ0n) is 8.09. The fourth-order valence-corrected chi connectivity index (χ4v) is 2.08. The third kappa shape index (κ3) is 1.97. The van der Waals surface area contributed by atoms with Crippen molar-refractivity contribution in [3.05, 3.63) is 28.5 Å². The van der Waals surface area contributed by atoms with E-state index in [9.17, 15) is 0 Å². The minimum Gasteiger partial charge on any atom is -0.375 e. The van der Waals surface area contributed by atoms with Gasteiger partial charge in [-0.1, -0.05) is 0 Å². The number of nitrogens with zero attached hydrogens (tertiary/aromatic N) is 1. The van der Waals surface area contributed by atoms with E-state index in [4.69, 9.17) is 4.74 Å². The van der Waals surface area contributed by atoms with Crippen LogP contribution < -0.4 is 5.32 Å². The van der Waals surface area contributed by atoms with E-state index in [2.05, 4.69) is 32.3 Å². The van der Waals surface area contributed by atoms with Crippen LogP contribution in [0.2, 0.25) is 0 Å². The number of hydrogen-bond acceptors (Lipinski definition) is 3. The fraction of sp³-hybridized carbons (Fsp3) is 0.500. The molecule has 1 aromatic heterocycles. The van der Waals surface area contributed by atoms with E-state index in [1.807, 2.05) is 6.20 Å². The summed E-state index contributed by atoms with van der Waals surface area (Å²) < 4.78 is 6.53. The fourth-order valence-electron chi connectivity index (χ4n) is 1.67. The van der Waals surface area contributed by atoms with E-state index in [1.54, 1.807) is 13.3 Å². The van der Waals surface area contributed by atoms with Crippen molar-refractivity contribution in [1.82, 2.24) is 10.3 Å². The van der Waals surface area contributed by atoms with Gasteiger partial charge < -0.3 is 10.1 Å². The molecule has 0 atom stereocenters. The minimum atomic E-state index is -0.0114. The average molecular weight is 257 g/mol. The van der Waals surface area contributed by atoms with Crippen LogP contribution in [0, 0.1) is 0 Å². The minimum absolute atomic E-state index is 0.0114. The summed E-state index contributed by atoms with van der Waals surface area (Å²) >= 11 is 3.41. The molecular weight excluding hydrogens is 244 g/mol. The van der Waals surface area contributed by atoms with Crippen LogP contribution >= 0.6 is 15.9 Å². The molecule has 1 aliphatic rings. The molecule has 0 aromatic carbocycles. The Hall–Kier alpha value is -0.450. The van der Waals surface area contributed by atoms with Crippen LogP contribution in [0.5, 0.6) is 0 Å². The average Bonchev–Trinajstić information content (AvgIpc) is 2.11. The molecule has 4 heteroatoms. The molecule has 0 bridgehead atoms. The molecule has 2 rings (SSSR count). The molecule has 1 N–H and O–H groups in total. The summed E-state index contributed by atoms with van der Waals surface area (Å²) in [5.41, 5.74) is 1.20. The first-order chi connectivity index (χ1) is 6.74. The second kappa shape index (κ2) is 3.96. The van der Waals surface area contributed by atoms with Crippen LogP contribution in [-0.4, -0.2) is 30.8 Å². The largest absolute Gasteiger partial charge is 0.375 e. The van der Waals surface area contributed by atoms with Crippen molar-refractivity contribution in [1.29, 1.82) is 0 Å². The molecule has 1 aromatic rings. The van der Waals surface area contributed by atoms with Gasteiger partial charge in [-0.25, -0.2) is 0 Å². The molecule has 1 aliphatic heterocycles. The van der Waals surface area contributed by atoms with Crippen LogP contribution in [0.1, 0.15) is 5.56 Å². The SMILES string of the molecule is COC1(Cc2cncc(Br)c2)CNC1. The molecule has 0 radical (unpaired) electrons. The van der Waals surface area contributed by atoms with E-state index in [0.717, 1.165) is 24.0 Å². The van der Waals surface area contributed by atoms with E-state index >= 15 is 0 Å². The molecule has 1 saturated heterocycles. The molecule has 0 unspecified atom stereocenters. The van der Waals surface area contributed by atoms with Gasteiger partial charge in [0.05, 0.1) is 5.60 Å². The number of ether oxygens (including phenoxy) is 1. The normalized spacial score (nSPS) is 19.0. The van der Waals surface area contributed by atoms with Gasteiger partial charge in [-0.2, -0.15) is 0 Å². The maximum Gasteiger partial charge on any atom is 0.0966 e. The zero-order valence-corrected chi connectivity index (χ0v) is 9.67. The number of halogens is 1. The Morgan fingerprint density at radius 1 is 1.57 bits per heavy atom. The lowest BCUT2D eigenvalue weighted by Crippen LogP contribution is -2.61. The van der Waals surface area contributed by atoms with E-state index in [-0.39, 0.29) is 5.60 Å². The Kier molecular flexibility index (Phi) is 2.85. The van der Waals surface area contributed by atoms with Crippen molar-refractivity contribution in [3.63, 3.8) is 0 Å². The highest BCUT2D eigenvalue weighted by Gasteiger charge is 2.36. The van der Waals surface area contributed by atoms with Gasteiger partial charge in [-0.3, -0.25) is 4.98 Å². The van der Waals surface area contributed by atoms with Crippen molar-refractivity contribution >= 4 is 15.9 Å². The van der Waals surface area contributed by atoms with Crippen molar-refractivity contribution in [3.8, 4) is 0 Å². The molecule has 14 heavy (non-hydrogen) atoms. The van der Waals surface area contributed by atoms with Crippen LogP contribution in [0.15, 0.2) is 22.9 Å². The van der Waals surface area contributed by atoms with Crippen molar-refractivity contribution in [2.75, 3.05) is 20.2 Å². The number of hydrogen-bond donors (Lipinski definition) is 1. The summed E-state index contributed by atoms with van der Waals surface area (Å²) in [6, 6.07) is 2.09. The first-order valence-corrected chi connectivity index (χ1v) is 5.39. The Bertz CT molecular complexity index is 320. The highest BCUT2D eigenvalue weighted by molar-refractivity contribution is 9.10. The molecule has 0 spiro atoms. The summed E-state index contributed by atoms with van der Waals surface area (Å²) in [5.74, 6) is 0. The Balaban J connectivity index is 2.09. The molecule has 2 heterocycles. The summed E-state index contributed by atoms with van der Waals surface area (Å²) in [7, 11) is 1.77. The van der Waals surface area contributed by atoms with E-state index in [0.29, 0.717) is 0 Å². The van der Waals surface area contributed by atoms with Crippen molar-refractivity contribution in [2.24, 2.45) is 0 Å². The molecule has 0 amide bonds. The maximum atomic E-state index is 5.51. The number of aromatic nitrogens is 1. The number of pyridine rings is 1. The molecule has 1 fully saturated rings. The van der Waals surface area contributed by atoms with Gasteiger partial charge in [0, 0.05) is 43.5 Å². The van der Waals surface area contributed by atoms with E-state index in [1.165, 1.54) is 5.56 Å². The van der Waals surface area contributed by atoms with Crippen LogP contribution in [0.3, 0.4) is 0 Å². The smallest absolute Gasteiger partial charge is 0.0966 e. The zero-order chi connectivity index (χ0) is 10.0. The molecule has 0 saturated carbocycles. The predicted octanol–water partition coefficient (Wildman–Crippen LogP) is 1.38. The summed E-state index contributed by atoms with van der Waals surface area (Å²) in [4.78, 5) is 4.14. The van der Waals surface area contributed by atoms with Gasteiger partial charge in [0.25, 0.3) is 0 Å². The van der Waals surface area contributed by atoms with Crippen LogP contribution in [0.25, 0.3) is 0 Å². The highest BCUT2D eigenvalue weighted by Crippen LogP contribution is 2.22. The Labute approximate surface area is 92.0 Å². The summed E-state index contributed by atoms with van der Waals surface area (Å²) in [5, 5.41) is 3.23. The van der Waals surface area contributed by atoms with Crippen LogP contribution in [-0.2, 0) is 11.2 Å². The molecule has 3 nitrogen and oxygen atoms in total. The monoisotopic (exact) mass is 256 g/mol. The second-order valence-electron chi connectivity index (χ2n) is 3.68. The topological polar surface area (TPSA) is 34.1 Å². The highest BCUT2D eigenvalue weighted by atomic mass is 79.9. The maximum absolute atomic E-state index is 5.51. The van der Waals surface area contributed by atoms with Gasteiger partial charge in [0.2, 0.25) is 0 Å². The van der Waals surface area contributed by atoms with Gasteiger partial charge in [-0.05, 0) is 27.6 Å². The molecular formula is C10H13BrN2O. The lowest BCUT2D eigenvalue weighted by atomic mass is 9.89. The van der Waals surface area contributed by atoms with Gasteiger partial charge in [-0.15, -0.1) is 0 Å². The summed E-state index contributed by atoms with van der Waals surface area (Å²) in [6.07, 6.45) is 4.61. The van der Waals surface area contributed by atoms with Gasteiger partial charge in [0.15, 0.2) is 0 Å². The van der Waals surface area contributed by atoms with Crippen LogP contribution in [0.4, 0.5) is 0 Å². The lowest BCUT2D eigenvalue weighted by Gasteiger charge is -2.41. The second-order valence-corrected chi connectivity index (χ2v) is 4.59. The van der Waals surface area contributed by atoms with Gasteiger partial charge >= 0.3 is 0 Å². The standard InChI is InChI=1S/C10H13BrN2O/c1-14-10(6-13-7-10)3-8-2-9(11)5-12-4-8/h2,4-5,13H,3,6-7H2,1H3. The predicted molar refractivity (Wildman–Crippen MR) is 58.3 cm³/mol. The van der Waals surface area contributed by atoms with Gasteiger partial charge in [0.1, 0.15) is 0 Å². The number of nitrogens with one attached hydrogen (secondary N) is 1.